The average molecular weight is 549 g/mol. The summed E-state index contributed by atoms with van der Waals surface area (Å²) in [5.74, 6) is -2.01. The number of ether oxygens (including phenoxy) is 1. The van der Waals surface area contributed by atoms with E-state index in [1.165, 1.54) is 6.07 Å². The predicted molar refractivity (Wildman–Crippen MR) is 151 cm³/mol. The Bertz CT molecular complexity index is 1410. The van der Waals surface area contributed by atoms with Gasteiger partial charge in [0.15, 0.2) is 11.6 Å². The van der Waals surface area contributed by atoms with Gasteiger partial charge < -0.3 is 31.1 Å². The predicted octanol–water partition coefficient (Wildman–Crippen LogP) is 4.12. The molecule has 0 saturated heterocycles. The molecule has 1 saturated carbocycles. The van der Waals surface area contributed by atoms with Gasteiger partial charge in [-0.2, -0.15) is 0 Å². The first-order valence-corrected chi connectivity index (χ1v) is 13.4. The standard InChI is InChI=1S/C31H36N2O7/c1-16(2)13-33-14-17-4-7-27(40-3)21(9-17)20-5-6-24(35)29-22(20)12-19-8-18(11-26(37)28(19)30(29)38)10-25(36)23(15-34)31(32)39/h4-7,9,15-16,18-19,33-35,38H,8,10-14H2,1-3H3,(H2,32,39). The summed E-state index contributed by atoms with van der Waals surface area (Å²) in [5.41, 5.74) is 8.45. The minimum atomic E-state index is -1.03. The second-order valence-corrected chi connectivity index (χ2v) is 11.0. The number of primary amides is 1. The van der Waals surface area contributed by atoms with Gasteiger partial charge in [-0.15, -0.1) is 0 Å². The van der Waals surface area contributed by atoms with E-state index in [9.17, 15) is 29.7 Å². The third kappa shape index (κ3) is 5.74. The molecule has 2 aliphatic rings. The number of hydrogen-bond acceptors (Lipinski definition) is 8. The van der Waals surface area contributed by atoms with Crippen LogP contribution in [0.25, 0.3) is 16.9 Å². The van der Waals surface area contributed by atoms with Crippen molar-refractivity contribution in [3.05, 3.63) is 64.4 Å². The van der Waals surface area contributed by atoms with Gasteiger partial charge in [-0.1, -0.05) is 26.0 Å². The lowest BCUT2D eigenvalue weighted by Crippen LogP contribution is -2.33. The van der Waals surface area contributed by atoms with Gasteiger partial charge in [-0.05, 0) is 72.0 Å². The Morgan fingerprint density at radius 2 is 1.90 bits per heavy atom. The van der Waals surface area contributed by atoms with Crippen LogP contribution in [0.2, 0.25) is 0 Å². The van der Waals surface area contributed by atoms with Crippen LogP contribution < -0.4 is 15.8 Å². The van der Waals surface area contributed by atoms with Gasteiger partial charge in [0, 0.05) is 30.5 Å². The molecule has 2 aromatic carbocycles. The topological polar surface area (TPSA) is 159 Å². The van der Waals surface area contributed by atoms with Gasteiger partial charge in [0.05, 0.1) is 18.9 Å². The first-order chi connectivity index (χ1) is 19.0. The summed E-state index contributed by atoms with van der Waals surface area (Å²) in [5, 5.41) is 34.7. The number of aliphatic hydroxyl groups excluding tert-OH is 2. The Morgan fingerprint density at radius 1 is 1.15 bits per heavy atom. The summed E-state index contributed by atoms with van der Waals surface area (Å²) >= 11 is 0. The monoisotopic (exact) mass is 548 g/mol. The molecular weight excluding hydrogens is 512 g/mol. The molecule has 4 rings (SSSR count). The zero-order valence-electron chi connectivity index (χ0n) is 23.0. The fourth-order valence-electron chi connectivity index (χ4n) is 5.84. The van der Waals surface area contributed by atoms with Crippen molar-refractivity contribution in [3.8, 4) is 22.6 Å². The van der Waals surface area contributed by atoms with Crippen LogP contribution in [-0.2, 0) is 27.3 Å². The number of nitrogens with two attached hydrogens (primary N) is 1. The van der Waals surface area contributed by atoms with Crippen LogP contribution in [0.4, 0.5) is 0 Å². The van der Waals surface area contributed by atoms with Gasteiger partial charge >= 0.3 is 0 Å². The number of fused-ring (bicyclic) bond motifs is 2. The number of methoxy groups -OCH3 is 1. The van der Waals surface area contributed by atoms with Crippen molar-refractivity contribution < 1.29 is 34.4 Å². The van der Waals surface area contributed by atoms with Crippen LogP contribution in [0.5, 0.6) is 11.5 Å². The summed E-state index contributed by atoms with van der Waals surface area (Å²) in [6.07, 6.45) is 1.02. The first-order valence-electron chi connectivity index (χ1n) is 13.4. The van der Waals surface area contributed by atoms with Gasteiger partial charge in [0.25, 0.3) is 5.91 Å². The highest BCUT2D eigenvalue weighted by Crippen LogP contribution is 2.48. The van der Waals surface area contributed by atoms with E-state index in [4.69, 9.17) is 10.5 Å². The highest BCUT2D eigenvalue weighted by Gasteiger charge is 2.41. The van der Waals surface area contributed by atoms with E-state index in [2.05, 4.69) is 19.2 Å². The molecule has 212 valence electrons. The Kier molecular flexibility index (Phi) is 8.64. The molecule has 1 amide bonds. The molecule has 2 aliphatic carbocycles. The van der Waals surface area contributed by atoms with Crippen molar-refractivity contribution in [2.75, 3.05) is 13.7 Å². The number of ketones is 2. The lowest BCUT2D eigenvalue weighted by molar-refractivity contribution is -0.122. The maximum absolute atomic E-state index is 13.2. The number of carbonyl (C=O) groups is 3. The Labute approximate surface area is 233 Å². The molecule has 2 unspecified atom stereocenters. The number of hydrogen-bond donors (Lipinski definition) is 5. The molecule has 2 atom stereocenters. The third-order valence-corrected chi connectivity index (χ3v) is 7.64. The molecule has 0 heterocycles. The normalized spacial score (nSPS) is 18.9. The fraction of sp³-hybridized carbons (Fsp3) is 0.387. The fourth-order valence-corrected chi connectivity index (χ4v) is 5.84. The van der Waals surface area contributed by atoms with Crippen molar-refractivity contribution in [1.29, 1.82) is 0 Å². The Morgan fingerprint density at radius 3 is 2.55 bits per heavy atom. The quantitative estimate of drug-likeness (QED) is 0.128. The molecule has 0 aliphatic heterocycles. The minimum absolute atomic E-state index is 0.00582. The molecule has 40 heavy (non-hydrogen) atoms. The van der Waals surface area contributed by atoms with Crippen molar-refractivity contribution in [1.82, 2.24) is 5.32 Å². The highest BCUT2D eigenvalue weighted by atomic mass is 16.5. The molecule has 0 radical (unpaired) electrons. The van der Waals surface area contributed by atoms with E-state index in [-0.39, 0.29) is 41.3 Å². The molecular formula is C31H36N2O7. The number of amides is 1. The molecule has 1 fully saturated rings. The van der Waals surface area contributed by atoms with E-state index >= 15 is 0 Å². The number of phenols is 1. The lowest BCUT2D eigenvalue weighted by Gasteiger charge is -2.35. The highest BCUT2D eigenvalue weighted by molar-refractivity contribution is 6.18. The molecule has 0 aromatic heterocycles. The minimum Gasteiger partial charge on any atom is -0.515 e. The van der Waals surface area contributed by atoms with Crippen molar-refractivity contribution in [2.45, 2.75) is 46.1 Å². The largest absolute Gasteiger partial charge is 0.515 e. The first kappa shape index (κ1) is 28.9. The van der Waals surface area contributed by atoms with Gasteiger partial charge in [-0.25, -0.2) is 0 Å². The van der Waals surface area contributed by atoms with Gasteiger partial charge in [0.2, 0.25) is 0 Å². The van der Waals surface area contributed by atoms with Crippen LogP contribution in [-0.4, -0.2) is 46.4 Å². The van der Waals surface area contributed by atoms with Crippen LogP contribution in [0.15, 0.2) is 47.7 Å². The van der Waals surface area contributed by atoms with Gasteiger partial charge in [0.1, 0.15) is 22.8 Å². The maximum atomic E-state index is 13.2. The summed E-state index contributed by atoms with van der Waals surface area (Å²) in [7, 11) is 1.58. The summed E-state index contributed by atoms with van der Waals surface area (Å²) in [6, 6.07) is 9.19. The van der Waals surface area contributed by atoms with Crippen LogP contribution >= 0.6 is 0 Å². The summed E-state index contributed by atoms with van der Waals surface area (Å²) < 4.78 is 5.67. The van der Waals surface area contributed by atoms with Crippen molar-refractivity contribution in [2.24, 2.45) is 23.5 Å². The van der Waals surface area contributed by atoms with Crippen LogP contribution in [0, 0.1) is 17.8 Å². The second-order valence-electron chi connectivity index (χ2n) is 11.0. The zero-order valence-corrected chi connectivity index (χ0v) is 23.0. The van der Waals surface area contributed by atoms with E-state index in [1.807, 2.05) is 18.2 Å². The molecule has 9 nitrogen and oxygen atoms in total. The number of rotatable bonds is 10. The smallest absolute Gasteiger partial charge is 0.255 e. The lowest BCUT2D eigenvalue weighted by atomic mass is 9.68. The number of allylic oxidation sites excluding steroid dienone is 1. The number of nitrogens with one attached hydrogen (secondary N) is 1. The van der Waals surface area contributed by atoms with E-state index in [0.29, 0.717) is 42.9 Å². The molecule has 6 N–H and O–H groups in total. The van der Waals surface area contributed by atoms with E-state index in [1.54, 1.807) is 13.2 Å². The summed E-state index contributed by atoms with van der Waals surface area (Å²) in [4.78, 5) is 37.2. The zero-order chi connectivity index (χ0) is 29.1. The Hall–Kier alpha value is -4.11. The van der Waals surface area contributed by atoms with Gasteiger partial charge in [-0.3, -0.25) is 14.4 Å². The number of benzene rings is 2. The second kappa shape index (κ2) is 12.0. The summed E-state index contributed by atoms with van der Waals surface area (Å²) in [6.45, 7) is 5.80. The van der Waals surface area contributed by atoms with Crippen molar-refractivity contribution >= 4 is 23.2 Å². The van der Waals surface area contributed by atoms with E-state index < -0.39 is 29.1 Å². The Balaban J connectivity index is 1.71. The van der Waals surface area contributed by atoms with Crippen LogP contribution in [0.1, 0.15) is 49.8 Å². The number of aliphatic hydroxyl groups is 2. The molecule has 2 aromatic rings. The molecule has 0 spiro atoms. The number of Topliss-reactive ketones (excluding diaryl/α,β-unsaturated/α-hetero) is 2. The van der Waals surface area contributed by atoms with Crippen molar-refractivity contribution in [3.63, 3.8) is 0 Å². The third-order valence-electron chi connectivity index (χ3n) is 7.64. The molecule has 0 bridgehead atoms. The number of phenolic OH excluding ortho intramolecular Hbond substituents is 1. The maximum Gasteiger partial charge on any atom is 0.255 e. The van der Waals surface area contributed by atoms with Crippen LogP contribution in [0.3, 0.4) is 0 Å². The number of carbonyl (C=O) groups excluding carboxylic acids is 3. The average Bonchev–Trinajstić information content (AvgIpc) is 2.88. The van der Waals surface area contributed by atoms with E-state index in [0.717, 1.165) is 23.2 Å². The SMILES string of the molecule is COc1ccc(CNCC(C)C)cc1-c1ccc(O)c2c1CC1CC(CC(=O)C(=CO)C(N)=O)CC(=O)C1=C2O. The molecule has 9 heteroatoms. The number of aromatic hydroxyl groups is 1.